The van der Waals surface area contributed by atoms with Crippen LogP contribution in [0.2, 0.25) is 0 Å². The van der Waals surface area contributed by atoms with Gasteiger partial charge in [-0.25, -0.2) is 9.97 Å². The number of hydrogen-bond acceptors (Lipinski definition) is 3. The lowest BCUT2D eigenvalue weighted by Crippen LogP contribution is -2.08. The Bertz CT molecular complexity index is 764. The largest absolute Gasteiger partial charge is 0.497 e. The van der Waals surface area contributed by atoms with Gasteiger partial charge in [-0.15, -0.1) is 0 Å². The van der Waals surface area contributed by atoms with E-state index in [1.165, 1.54) is 13.2 Å². The minimum Gasteiger partial charge on any atom is -0.497 e. The number of nitrogens with one attached hydrogen (secondary N) is 1. The predicted octanol–water partition coefficient (Wildman–Crippen LogP) is 3.14. The Kier molecular flexibility index (Phi) is 2.38. The third kappa shape index (κ3) is 1.78. The number of halogens is 3. The summed E-state index contributed by atoms with van der Waals surface area (Å²) in [7, 11) is 1.46. The summed E-state index contributed by atoms with van der Waals surface area (Å²) in [5.74, 6) is 0.477. The number of aromatic nitrogens is 3. The quantitative estimate of drug-likeness (QED) is 0.736. The Balaban J connectivity index is 2.46. The number of nitrogens with zero attached hydrogens (tertiary/aromatic N) is 2. The van der Waals surface area contributed by atoms with E-state index in [1.807, 2.05) is 0 Å². The Morgan fingerprint density at radius 3 is 2.68 bits per heavy atom. The van der Waals surface area contributed by atoms with E-state index in [0.29, 0.717) is 16.7 Å². The van der Waals surface area contributed by atoms with Crippen molar-refractivity contribution in [3.8, 4) is 5.75 Å². The molecule has 19 heavy (non-hydrogen) atoms. The number of fused-ring (bicyclic) bond motifs is 3. The van der Waals surface area contributed by atoms with Crippen LogP contribution < -0.4 is 4.74 Å². The molecule has 0 bridgehead atoms. The van der Waals surface area contributed by atoms with Gasteiger partial charge in [0, 0.05) is 10.9 Å². The van der Waals surface area contributed by atoms with Gasteiger partial charge < -0.3 is 9.72 Å². The molecule has 2 heterocycles. The molecular formula is C12H8F3N3O. The number of rotatable bonds is 1. The zero-order valence-corrected chi connectivity index (χ0v) is 9.75. The van der Waals surface area contributed by atoms with Crippen LogP contribution in [-0.4, -0.2) is 22.1 Å². The van der Waals surface area contributed by atoms with Gasteiger partial charge in [-0.3, -0.25) is 0 Å². The zero-order chi connectivity index (χ0) is 13.6. The number of methoxy groups -OCH3 is 1. The molecular weight excluding hydrogens is 259 g/mol. The zero-order valence-electron chi connectivity index (χ0n) is 9.75. The lowest BCUT2D eigenvalue weighted by Gasteiger charge is -2.06. The summed E-state index contributed by atoms with van der Waals surface area (Å²) >= 11 is 0. The minimum absolute atomic E-state index is 0.0381. The molecule has 98 valence electrons. The Labute approximate surface area is 105 Å². The van der Waals surface area contributed by atoms with Crippen LogP contribution in [0, 0.1) is 0 Å². The van der Waals surface area contributed by atoms with Crippen LogP contribution >= 0.6 is 0 Å². The van der Waals surface area contributed by atoms with Crippen molar-refractivity contribution in [2.45, 2.75) is 6.18 Å². The molecule has 0 spiro atoms. The minimum atomic E-state index is -4.53. The van der Waals surface area contributed by atoms with E-state index in [1.54, 1.807) is 12.1 Å². The fourth-order valence-electron chi connectivity index (χ4n) is 2.04. The molecule has 0 unspecified atom stereocenters. The molecule has 0 fully saturated rings. The standard InChI is InChI=1S/C12H8F3N3O/c1-19-6-2-3-8-7(4-6)9-10(12(13,14)15)16-5-17-11(9)18-8/h2-5H,1H3,(H,16,17,18). The highest BCUT2D eigenvalue weighted by Gasteiger charge is 2.36. The van der Waals surface area contributed by atoms with Crippen molar-refractivity contribution in [1.29, 1.82) is 0 Å². The lowest BCUT2D eigenvalue weighted by molar-refractivity contribution is -0.139. The maximum atomic E-state index is 13.0. The molecule has 0 aliphatic carbocycles. The summed E-state index contributed by atoms with van der Waals surface area (Å²) in [6.45, 7) is 0. The number of alkyl halides is 3. The Morgan fingerprint density at radius 2 is 2.00 bits per heavy atom. The molecule has 0 radical (unpaired) electrons. The second-order valence-corrected chi connectivity index (χ2v) is 3.98. The third-order valence-corrected chi connectivity index (χ3v) is 2.86. The first-order valence-corrected chi connectivity index (χ1v) is 5.38. The smallest absolute Gasteiger partial charge is 0.434 e. The van der Waals surface area contributed by atoms with Crippen molar-refractivity contribution < 1.29 is 17.9 Å². The summed E-state index contributed by atoms with van der Waals surface area (Å²) < 4.78 is 43.9. The molecule has 0 amide bonds. The maximum absolute atomic E-state index is 13.0. The summed E-state index contributed by atoms with van der Waals surface area (Å²) in [4.78, 5) is 10.0. The van der Waals surface area contributed by atoms with Gasteiger partial charge in [-0.2, -0.15) is 13.2 Å². The molecule has 3 rings (SSSR count). The van der Waals surface area contributed by atoms with Gasteiger partial charge in [0.05, 0.1) is 12.5 Å². The highest BCUT2D eigenvalue weighted by atomic mass is 19.4. The highest BCUT2D eigenvalue weighted by Crippen LogP contribution is 2.37. The number of benzene rings is 1. The molecule has 1 N–H and O–H groups in total. The van der Waals surface area contributed by atoms with Crippen molar-refractivity contribution in [3.63, 3.8) is 0 Å². The molecule has 4 nitrogen and oxygen atoms in total. The van der Waals surface area contributed by atoms with Crippen LogP contribution in [-0.2, 0) is 6.18 Å². The first kappa shape index (κ1) is 11.8. The van der Waals surface area contributed by atoms with E-state index < -0.39 is 11.9 Å². The molecule has 1 aromatic carbocycles. The van der Waals surface area contributed by atoms with Gasteiger partial charge in [-0.05, 0) is 18.2 Å². The van der Waals surface area contributed by atoms with Crippen LogP contribution in [0.25, 0.3) is 21.9 Å². The fraction of sp³-hybridized carbons (Fsp3) is 0.167. The van der Waals surface area contributed by atoms with E-state index >= 15 is 0 Å². The number of hydrogen-bond donors (Lipinski definition) is 1. The Morgan fingerprint density at radius 1 is 1.21 bits per heavy atom. The van der Waals surface area contributed by atoms with Gasteiger partial charge in [0.2, 0.25) is 0 Å². The Hall–Kier alpha value is -2.31. The summed E-state index contributed by atoms with van der Waals surface area (Å²) in [6.07, 6.45) is -3.63. The lowest BCUT2D eigenvalue weighted by atomic mass is 10.1. The van der Waals surface area contributed by atoms with E-state index in [9.17, 15) is 13.2 Å². The highest BCUT2D eigenvalue weighted by molar-refractivity contribution is 6.07. The van der Waals surface area contributed by atoms with Crippen molar-refractivity contribution in [2.75, 3.05) is 7.11 Å². The van der Waals surface area contributed by atoms with E-state index in [-0.39, 0.29) is 11.0 Å². The average molecular weight is 267 g/mol. The first-order valence-electron chi connectivity index (χ1n) is 5.38. The number of aromatic amines is 1. The second kappa shape index (κ2) is 3.84. The van der Waals surface area contributed by atoms with Crippen LogP contribution in [0.3, 0.4) is 0 Å². The van der Waals surface area contributed by atoms with Gasteiger partial charge in [0.25, 0.3) is 0 Å². The first-order chi connectivity index (χ1) is 9.00. The topological polar surface area (TPSA) is 50.8 Å². The molecule has 0 aliphatic rings. The normalized spacial score (nSPS) is 12.2. The van der Waals surface area contributed by atoms with Crippen molar-refractivity contribution >= 4 is 21.9 Å². The van der Waals surface area contributed by atoms with Crippen LogP contribution in [0.1, 0.15) is 5.69 Å². The number of ether oxygens (including phenoxy) is 1. The van der Waals surface area contributed by atoms with E-state index in [2.05, 4.69) is 15.0 Å². The second-order valence-electron chi connectivity index (χ2n) is 3.98. The van der Waals surface area contributed by atoms with Crippen LogP contribution in [0.5, 0.6) is 5.75 Å². The van der Waals surface area contributed by atoms with Gasteiger partial charge in [0.15, 0.2) is 5.69 Å². The van der Waals surface area contributed by atoms with E-state index in [4.69, 9.17) is 4.74 Å². The predicted molar refractivity (Wildman–Crippen MR) is 62.9 cm³/mol. The molecule has 2 aromatic heterocycles. The van der Waals surface area contributed by atoms with Gasteiger partial charge in [0.1, 0.15) is 17.7 Å². The summed E-state index contributed by atoms with van der Waals surface area (Å²) in [5, 5.41) is 0.353. The van der Waals surface area contributed by atoms with Crippen molar-refractivity contribution in [1.82, 2.24) is 15.0 Å². The van der Waals surface area contributed by atoms with Gasteiger partial charge >= 0.3 is 6.18 Å². The summed E-state index contributed by atoms with van der Waals surface area (Å²) in [6, 6.07) is 4.85. The van der Waals surface area contributed by atoms with Crippen LogP contribution in [0.15, 0.2) is 24.5 Å². The van der Waals surface area contributed by atoms with Crippen LogP contribution in [0.4, 0.5) is 13.2 Å². The van der Waals surface area contributed by atoms with Crippen molar-refractivity contribution in [2.24, 2.45) is 0 Å². The summed E-state index contributed by atoms with van der Waals surface area (Å²) in [5.41, 5.74) is -0.232. The molecule has 0 aliphatic heterocycles. The van der Waals surface area contributed by atoms with Gasteiger partial charge in [-0.1, -0.05) is 0 Å². The molecule has 7 heteroatoms. The number of H-pyrrole nitrogens is 1. The molecule has 0 atom stereocenters. The molecule has 3 aromatic rings. The maximum Gasteiger partial charge on any atom is 0.434 e. The van der Waals surface area contributed by atoms with Crippen molar-refractivity contribution in [3.05, 3.63) is 30.2 Å². The molecule has 0 saturated carbocycles. The third-order valence-electron chi connectivity index (χ3n) is 2.86. The average Bonchev–Trinajstić information content (AvgIpc) is 2.74. The SMILES string of the molecule is COc1ccc2[nH]c3ncnc(C(F)(F)F)c3c2c1. The molecule has 0 saturated heterocycles. The van der Waals surface area contributed by atoms with E-state index in [0.717, 1.165) is 6.33 Å². The fourth-order valence-corrected chi connectivity index (χ4v) is 2.04. The monoisotopic (exact) mass is 267 g/mol.